The molecule has 0 spiro atoms. The standard InChI is InChI=1S/C19H20FN3O/c20-16-3-1-2-15(12-16)19(7-10-24-11-8-19)13-22-17-5-4-14-6-9-21-18(14)23-17/h1-6,9,12H,7-8,10-11,13H2,(H2,21,22,23). The Bertz CT molecular complexity index is 839. The van der Waals surface area contributed by atoms with Crippen LogP contribution in [0.5, 0.6) is 0 Å². The third-order valence-electron chi connectivity index (χ3n) is 4.90. The van der Waals surface area contributed by atoms with E-state index < -0.39 is 0 Å². The fourth-order valence-corrected chi connectivity index (χ4v) is 3.44. The number of ether oxygens (including phenoxy) is 1. The molecule has 3 heterocycles. The van der Waals surface area contributed by atoms with Crippen LogP contribution in [0.15, 0.2) is 48.7 Å². The molecule has 0 bridgehead atoms. The number of hydrogen-bond acceptors (Lipinski definition) is 3. The first-order valence-electron chi connectivity index (χ1n) is 8.27. The average molecular weight is 325 g/mol. The summed E-state index contributed by atoms with van der Waals surface area (Å²) in [5.41, 5.74) is 1.76. The second-order valence-corrected chi connectivity index (χ2v) is 6.37. The van der Waals surface area contributed by atoms with Gasteiger partial charge in [-0.2, -0.15) is 0 Å². The van der Waals surface area contributed by atoms with Gasteiger partial charge in [-0.15, -0.1) is 0 Å². The second-order valence-electron chi connectivity index (χ2n) is 6.37. The molecule has 2 aromatic heterocycles. The molecule has 1 aromatic carbocycles. The van der Waals surface area contributed by atoms with E-state index in [0.717, 1.165) is 35.3 Å². The summed E-state index contributed by atoms with van der Waals surface area (Å²) in [6.07, 6.45) is 3.62. The number of aromatic amines is 1. The largest absolute Gasteiger partial charge is 0.381 e. The zero-order chi connectivity index (χ0) is 16.4. The minimum absolute atomic E-state index is 0.132. The first kappa shape index (κ1) is 15.1. The fourth-order valence-electron chi connectivity index (χ4n) is 3.44. The van der Waals surface area contributed by atoms with Gasteiger partial charge in [0.05, 0.1) is 0 Å². The normalized spacial score (nSPS) is 17.0. The van der Waals surface area contributed by atoms with Gasteiger partial charge in [-0.25, -0.2) is 9.37 Å². The van der Waals surface area contributed by atoms with Crippen molar-refractivity contribution in [1.29, 1.82) is 0 Å². The van der Waals surface area contributed by atoms with Crippen molar-refractivity contribution in [3.8, 4) is 0 Å². The van der Waals surface area contributed by atoms with Crippen LogP contribution in [0.1, 0.15) is 18.4 Å². The summed E-state index contributed by atoms with van der Waals surface area (Å²) in [7, 11) is 0. The zero-order valence-electron chi connectivity index (χ0n) is 13.4. The molecule has 1 saturated heterocycles. The van der Waals surface area contributed by atoms with Gasteiger partial charge in [0.15, 0.2) is 0 Å². The fraction of sp³-hybridized carbons (Fsp3) is 0.316. The number of rotatable bonds is 4. The molecule has 0 radical (unpaired) electrons. The summed E-state index contributed by atoms with van der Waals surface area (Å²) in [6.45, 7) is 2.10. The van der Waals surface area contributed by atoms with E-state index in [-0.39, 0.29) is 11.2 Å². The number of H-pyrrole nitrogens is 1. The maximum absolute atomic E-state index is 13.7. The van der Waals surface area contributed by atoms with Crippen molar-refractivity contribution >= 4 is 16.9 Å². The maximum atomic E-state index is 13.7. The third-order valence-corrected chi connectivity index (χ3v) is 4.90. The van der Waals surface area contributed by atoms with E-state index in [1.807, 2.05) is 30.5 Å². The van der Waals surface area contributed by atoms with E-state index >= 15 is 0 Å². The number of nitrogens with zero attached hydrogens (tertiary/aromatic N) is 1. The van der Waals surface area contributed by atoms with Crippen LogP contribution in [-0.4, -0.2) is 29.7 Å². The Morgan fingerprint density at radius 1 is 1.17 bits per heavy atom. The van der Waals surface area contributed by atoms with Gasteiger partial charge in [-0.05, 0) is 48.7 Å². The van der Waals surface area contributed by atoms with E-state index in [2.05, 4.69) is 15.3 Å². The molecule has 24 heavy (non-hydrogen) atoms. The van der Waals surface area contributed by atoms with Crippen LogP contribution < -0.4 is 5.32 Å². The molecule has 1 aliphatic heterocycles. The molecule has 0 aliphatic carbocycles. The first-order chi connectivity index (χ1) is 11.8. The van der Waals surface area contributed by atoms with Gasteiger partial charge in [0.1, 0.15) is 17.3 Å². The van der Waals surface area contributed by atoms with Crippen molar-refractivity contribution in [2.24, 2.45) is 0 Å². The van der Waals surface area contributed by atoms with Crippen molar-refractivity contribution in [3.05, 3.63) is 60.0 Å². The number of aromatic nitrogens is 2. The van der Waals surface area contributed by atoms with Gasteiger partial charge >= 0.3 is 0 Å². The van der Waals surface area contributed by atoms with Crippen LogP contribution in [-0.2, 0) is 10.2 Å². The molecule has 0 amide bonds. The molecule has 1 fully saturated rings. The summed E-state index contributed by atoms with van der Waals surface area (Å²) in [5, 5.41) is 4.54. The topological polar surface area (TPSA) is 49.9 Å². The minimum atomic E-state index is -0.190. The van der Waals surface area contributed by atoms with Crippen LogP contribution in [0, 0.1) is 5.82 Å². The van der Waals surface area contributed by atoms with Crippen LogP contribution >= 0.6 is 0 Å². The van der Waals surface area contributed by atoms with Crippen LogP contribution in [0.25, 0.3) is 11.0 Å². The number of hydrogen-bond donors (Lipinski definition) is 2. The number of benzene rings is 1. The van der Waals surface area contributed by atoms with Gasteiger partial charge in [0.2, 0.25) is 0 Å². The first-order valence-corrected chi connectivity index (χ1v) is 8.27. The summed E-state index contributed by atoms with van der Waals surface area (Å²) in [6, 6.07) is 13.0. The quantitative estimate of drug-likeness (QED) is 0.766. The Kier molecular flexibility index (Phi) is 3.94. The van der Waals surface area contributed by atoms with Crippen molar-refractivity contribution in [1.82, 2.24) is 9.97 Å². The minimum Gasteiger partial charge on any atom is -0.381 e. The summed E-state index contributed by atoms with van der Waals surface area (Å²) in [4.78, 5) is 7.72. The molecule has 5 heteroatoms. The molecular weight excluding hydrogens is 305 g/mol. The van der Waals surface area contributed by atoms with Crippen molar-refractivity contribution in [3.63, 3.8) is 0 Å². The Labute approximate surface area is 140 Å². The number of nitrogens with one attached hydrogen (secondary N) is 2. The number of halogens is 1. The van der Waals surface area contributed by atoms with Crippen molar-refractivity contribution < 1.29 is 9.13 Å². The summed E-state index contributed by atoms with van der Waals surface area (Å²) >= 11 is 0. The molecule has 4 rings (SSSR count). The van der Waals surface area contributed by atoms with Gasteiger partial charge in [0, 0.05) is 36.8 Å². The molecule has 4 nitrogen and oxygen atoms in total. The molecule has 0 atom stereocenters. The predicted octanol–water partition coefficient (Wildman–Crippen LogP) is 3.86. The van der Waals surface area contributed by atoms with E-state index in [1.54, 1.807) is 12.1 Å². The molecule has 0 saturated carbocycles. The Balaban J connectivity index is 1.59. The molecule has 3 aromatic rings. The van der Waals surface area contributed by atoms with Crippen molar-refractivity contribution in [2.75, 3.05) is 25.1 Å². The molecule has 124 valence electrons. The van der Waals surface area contributed by atoms with E-state index in [9.17, 15) is 4.39 Å². The van der Waals surface area contributed by atoms with Crippen LogP contribution in [0.2, 0.25) is 0 Å². The third kappa shape index (κ3) is 2.87. The summed E-state index contributed by atoms with van der Waals surface area (Å²) in [5.74, 6) is 0.636. The van der Waals surface area contributed by atoms with Crippen LogP contribution in [0.4, 0.5) is 10.2 Å². The molecular formula is C19H20FN3O. The lowest BCUT2D eigenvalue weighted by Gasteiger charge is -2.38. The number of pyridine rings is 1. The predicted molar refractivity (Wildman–Crippen MR) is 92.7 cm³/mol. The molecule has 0 unspecified atom stereocenters. The van der Waals surface area contributed by atoms with Gasteiger partial charge in [-0.3, -0.25) is 0 Å². The Hall–Kier alpha value is -2.40. The van der Waals surface area contributed by atoms with E-state index in [4.69, 9.17) is 4.74 Å². The highest BCUT2D eigenvalue weighted by molar-refractivity contribution is 5.77. The van der Waals surface area contributed by atoms with E-state index in [1.165, 1.54) is 6.07 Å². The lowest BCUT2D eigenvalue weighted by molar-refractivity contribution is 0.0542. The van der Waals surface area contributed by atoms with Crippen molar-refractivity contribution in [2.45, 2.75) is 18.3 Å². The maximum Gasteiger partial charge on any atom is 0.139 e. The number of fused-ring (bicyclic) bond motifs is 1. The lowest BCUT2D eigenvalue weighted by Crippen LogP contribution is -2.40. The highest BCUT2D eigenvalue weighted by atomic mass is 19.1. The Morgan fingerprint density at radius 2 is 2.04 bits per heavy atom. The lowest BCUT2D eigenvalue weighted by atomic mass is 9.74. The molecule has 1 aliphatic rings. The zero-order valence-corrected chi connectivity index (χ0v) is 13.4. The second kappa shape index (κ2) is 6.24. The highest BCUT2D eigenvalue weighted by Gasteiger charge is 2.34. The van der Waals surface area contributed by atoms with Gasteiger partial charge < -0.3 is 15.0 Å². The average Bonchev–Trinajstić information content (AvgIpc) is 3.08. The van der Waals surface area contributed by atoms with Gasteiger partial charge in [-0.1, -0.05) is 12.1 Å². The Morgan fingerprint density at radius 3 is 2.88 bits per heavy atom. The van der Waals surface area contributed by atoms with E-state index in [0.29, 0.717) is 19.8 Å². The number of anilines is 1. The van der Waals surface area contributed by atoms with Crippen LogP contribution in [0.3, 0.4) is 0 Å². The smallest absolute Gasteiger partial charge is 0.139 e. The highest BCUT2D eigenvalue weighted by Crippen LogP contribution is 2.35. The summed E-state index contributed by atoms with van der Waals surface area (Å²) < 4.78 is 19.3. The van der Waals surface area contributed by atoms with Gasteiger partial charge in [0.25, 0.3) is 0 Å². The molecule has 2 N–H and O–H groups in total. The monoisotopic (exact) mass is 325 g/mol. The SMILES string of the molecule is Fc1cccc(C2(CNc3ccc4cc[nH]c4n3)CCOCC2)c1.